The Kier molecular flexibility index (Phi) is 3.92. The van der Waals surface area contributed by atoms with E-state index in [-0.39, 0.29) is 11.8 Å². The van der Waals surface area contributed by atoms with E-state index in [0.717, 1.165) is 19.4 Å². The molecule has 1 saturated heterocycles. The lowest BCUT2D eigenvalue weighted by atomic mass is 10.1. The molecule has 0 amide bonds. The van der Waals surface area contributed by atoms with Crippen molar-refractivity contribution in [2.45, 2.75) is 44.1 Å². The maximum Gasteiger partial charge on any atom is 0.155 e. The normalized spacial score (nSPS) is 25.6. The summed E-state index contributed by atoms with van der Waals surface area (Å²) < 4.78 is 23.0. The molecule has 0 spiro atoms. The van der Waals surface area contributed by atoms with Crippen LogP contribution in [-0.4, -0.2) is 43.2 Å². The van der Waals surface area contributed by atoms with Crippen LogP contribution in [0.2, 0.25) is 0 Å². The standard InChI is InChI=1S/C9H19NO3S/c1-7(2)14(12,13)6-9(11)8-4-3-5-10-8/h7-11H,3-6H2,1-2H3/t8-,9+/m1/s1. The van der Waals surface area contributed by atoms with Gasteiger partial charge in [-0.25, -0.2) is 8.42 Å². The fourth-order valence-electron chi connectivity index (χ4n) is 1.59. The lowest BCUT2D eigenvalue weighted by Crippen LogP contribution is -2.40. The number of aliphatic hydroxyl groups is 1. The summed E-state index contributed by atoms with van der Waals surface area (Å²) in [6, 6.07) is -0.0384. The van der Waals surface area contributed by atoms with Crippen LogP contribution in [0.3, 0.4) is 0 Å². The van der Waals surface area contributed by atoms with Crippen molar-refractivity contribution in [1.82, 2.24) is 5.32 Å². The number of rotatable bonds is 4. The van der Waals surface area contributed by atoms with Crippen LogP contribution in [0.15, 0.2) is 0 Å². The first kappa shape index (κ1) is 11.9. The number of sulfone groups is 1. The van der Waals surface area contributed by atoms with E-state index < -0.39 is 21.2 Å². The molecular weight excluding hydrogens is 202 g/mol. The van der Waals surface area contributed by atoms with Gasteiger partial charge in [0.1, 0.15) is 0 Å². The number of aliphatic hydroxyl groups excluding tert-OH is 1. The van der Waals surface area contributed by atoms with Gasteiger partial charge in [-0.2, -0.15) is 0 Å². The van der Waals surface area contributed by atoms with E-state index in [0.29, 0.717) is 0 Å². The van der Waals surface area contributed by atoms with Gasteiger partial charge in [0.25, 0.3) is 0 Å². The summed E-state index contributed by atoms with van der Waals surface area (Å²) in [7, 11) is -3.12. The summed E-state index contributed by atoms with van der Waals surface area (Å²) in [5.41, 5.74) is 0. The molecular formula is C9H19NO3S. The second kappa shape index (κ2) is 4.59. The van der Waals surface area contributed by atoms with E-state index in [1.54, 1.807) is 13.8 Å². The second-order valence-corrected chi connectivity index (χ2v) is 6.75. The van der Waals surface area contributed by atoms with Crippen LogP contribution in [-0.2, 0) is 9.84 Å². The van der Waals surface area contributed by atoms with E-state index in [9.17, 15) is 13.5 Å². The topological polar surface area (TPSA) is 66.4 Å². The summed E-state index contributed by atoms with van der Waals surface area (Å²) in [6.45, 7) is 4.16. The van der Waals surface area contributed by atoms with E-state index in [1.165, 1.54) is 0 Å². The van der Waals surface area contributed by atoms with Gasteiger partial charge in [0, 0.05) is 6.04 Å². The van der Waals surface area contributed by atoms with Crippen LogP contribution >= 0.6 is 0 Å². The molecule has 1 rings (SSSR count). The number of hydrogen-bond acceptors (Lipinski definition) is 4. The molecule has 1 aliphatic heterocycles. The molecule has 0 aromatic carbocycles. The minimum absolute atomic E-state index is 0.0384. The molecule has 0 saturated carbocycles. The summed E-state index contributed by atoms with van der Waals surface area (Å²) in [5.74, 6) is -0.123. The lowest BCUT2D eigenvalue weighted by Gasteiger charge is -2.19. The third kappa shape index (κ3) is 2.93. The van der Waals surface area contributed by atoms with Crippen molar-refractivity contribution in [3.8, 4) is 0 Å². The summed E-state index contributed by atoms with van der Waals surface area (Å²) >= 11 is 0. The van der Waals surface area contributed by atoms with Crippen LogP contribution in [0.1, 0.15) is 26.7 Å². The third-order valence-corrected chi connectivity index (χ3v) is 4.93. The Hall–Kier alpha value is -0.130. The zero-order chi connectivity index (χ0) is 10.8. The molecule has 0 unspecified atom stereocenters. The van der Waals surface area contributed by atoms with Crippen LogP contribution in [0.4, 0.5) is 0 Å². The molecule has 1 fully saturated rings. The van der Waals surface area contributed by atoms with Crippen LogP contribution in [0.5, 0.6) is 0 Å². The first-order chi connectivity index (χ1) is 6.43. The molecule has 84 valence electrons. The van der Waals surface area contributed by atoms with Gasteiger partial charge in [-0.1, -0.05) is 0 Å². The van der Waals surface area contributed by atoms with Gasteiger partial charge in [-0.3, -0.25) is 0 Å². The molecule has 0 aromatic rings. The Morgan fingerprint density at radius 3 is 2.57 bits per heavy atom. The maximum atomic E-state index is 11.5. The SMILES string of the molecule is CC(C)S(=O)(=O)C[C@H](O)[C@H]1CCCN1. The average molecular weight is 221 g/mol. The Balaban J connectivity index is 2.51. The van der Waals surface area contributed by atoms with E-state index in [2.05, 4.69) is 5.32 Å². The van der Waals surface area contributed by atoms with Crippen molar-refractivity contribution in [3.05, 3.63) is 0 Å². The zero-order valence-corrected chi connectivity index (χ0v) is 9.55. The van der Waals surface area contributed by atoms with Crippen molar-refractivity contribution in [2.75, 3.05) is 12.3 Å². The summed E-state index contributed by atoms with van der Waals surface area (Å²) in [5, 5.41) is 12.4. The summed E-state index contributed by atoms with van der Waals surface area (Å²) in [6.07, 6.45) is 1.13. The van der Waals surface area contributed by atoms with E-state index in [4.69, 9.17) is 0 Å². The molecule has 1 aliphatic rings. The average Bonchev–Trinajstić information content (AvgIpc) is 2.54. The third-order valence-electron chi connectivity index (χ3n) is 2.68. The van der Waals surface area contributed by atoms with E-state index >= 15 is 0 Å². The van der Waals surface area contributed by atoms with Crippen molar-refractivity contribution in [1.29, 1.82) is 0 Å². The molecule has 14 heavy (non-hydrogen) atoms. The monoisotopic (exact) mass is 221 g/mol. The number of nitrogens with one attached hydrogen (secondary N) is 1. The highest BCUT2D eigenvalue weighted by Crippen LogP contribution is 2.12. The highest BCUT2D eigenvalue weighted by Gasteiger charge is 2.28. The van der Waals surface area contributed by atoms with Gasteiger partial charge < -0.3 is 10.4 Å². The Labute approximate surface area is 85.6 Å². The van der Waals surface area contributed by atoms with Crippen molar-refractivity contribution >= 4 is 9.84 Å². The molecule has 0 radical (unpaired) electrons. The molecule has 2 atom stereocenters. The molecule has 0 aromatic heterocycles. The smallest absolute Gasteiger partial charge is 0.155 e. The fourth-order valence-corrected chi connectivity index (χ4v) is 2.68. The van der Waals surface area contributed by atoms with Crippen LogP contribution < -0.4 is 5.32 Å². The van der Waals surface area contributed by atoms with Gasteiger partial charge in [0.05, 0.1) is 17.1 Å². The minimum Gasteiger partial charge on any atom is -0.390 e. The predicted molar refractivity (Wildman–Crippen MR) is 56.0 cm³/mol. The fraction of sp³-hybridized carbons (Fsp3) is 1.00. The Morgan fingerprint density at radius 1 is 1.50 bits per heavy atom. The number of hydrogen-bond donors (Lipinski definition) is 2. The summed E-state index contributed by atoms with van der Waals surface area (Å²) in [4.78, 5) is 0. The van der Waals surface area contributed by atoms with Crippen LogP contribution in [0.25, 0.3) is 0 Å². The zero-order valence-electron chi connectivity index (χ0n) is 8.73. The molecule has 0 bridgehead atoms. The Bertz CT molecular complexity index is 268. The molecule has 5 heteroatoms. The second-order valence-electron chi connectivity index (χ2n) is 4.15. The van der Waals surface area contributed by atoms with Gasteiger partial charge in [-0.15, -0.1) is 0 Å². The lowest BCUT2D eigenvalue weighted by molar-refractivity contribution is 0.157. The first-order valence-corrected chi connectivity index (χ1v) is 6.78. The quantitative estimate of drug-likeness (QED) is 0.697. The molecule has 1 heterocycles. The van der Waals surface area contributed by atoms with Gasteiger partial charge in [0.2, 0.25) is 0 Å². The molecule has 0 aliphatic carbocycles. The first-order valence-electron chi connectivity index (χ1n) is 5.06. The van der Waals surface area contributed by atoms with Gasteiger partial charge in [-0.05, 0) is 33.2 Å². The van der Waals surface area contributed by atoms with Crippen molar-refractivity contribution < 1.29 is 13.5 Å². The molecule has 4 nitrogen and oxygen atoms in total. The highest BCUT2D eigenvalue weighted by atomic mass is 32.2. The maximum absolute atomic E-state index is 11.5. The molecule has 2 N–H and O–H groups in total. The highest BCUT2D eigenvalue weighted by molar-refractivity contribution is 7.92. The van der Waals surface area contributed by atoms with Crippen LogP contribution in [0, 0.1) is 0 Å². The van der Waals surface area contributed by atoms with Gasteiger partial charge in [0.15, 0.2) is 9.84 Å². The largest absolute Gasteiger partial charge is 0.390 e. The predicted octanol–water partition coefficient (Wildman–Crippen LogP) is -0.0775. The minimum atomic E-state index is -3.12. The van der Waals surface area contributed by atoms with Crippen molar-refractivity contribution in [2.24, 2.45) is 0 Å². The van der Waals surface area contributed by atoms with E-state index in [1.807, 2.05) is 0 Å². The van der Waals surface area contributed by atoms with Gasteiger partial charge >= 0.3 is 0 Å². The Morgan fingerprint density at radius 2 is 2.14 bits per heavy atom. The van der Waals surface area contributed by atoms with Crippen molar-refractivity contribution in [3.63, 3.8) is 0 Å².